The number of hydrogen-bond acceptors (Lipinski definition) is 6. The molecule has 194 valence electrons. The lowest BCUT2D eigenvalue weighted by atomic mass is 10.0. The molecule has 1 aromatic rings. The Morgan fingerprint density at radius 3 is 2.29 bits per heavy atom. The molecule has 1 saturated heterocycles. The first-order chi connectivity index (χ1) is 16.4. The minimum Gasteiger partial charge on any atom is -0.467 e. The molecule has 2 N–H and O–H groups in total. The Labute approximate surface area is 207 Å². The number of methoxy groups -OCH3 is 1. The van der Waals surface area contributed by atoms with Crippen molar-refractivity contribution < 1.29 is 28.7 Å². The fourth-order valence-corrected chi connectivity index (χ4v) is 4.01. The van der Waals surface area contributed by atoms with Crippen molar-refractivity contribution in [3.05, 3.63) is 35.9 Å². The molecular weight excluding hydrogens is 450 g/mol. The molecule has 1 aliphatic rings. The van der Waals surface area contributed by atoms with E-state index in [9.17, 15) is 19.2 Å². The van der Waals surface area contributed by atoms with Crippen molar-refractivity contribution in [1.82, 2.24) is 15.5 Å². The molecule has 0 aromatic heterocycles. The SMILES string of the molecule is COC(=O)[C@H](CC(C)C)NC(=O)[C@@H](Cc1ccccc1)NC(=O)[C@@H]1CCCN1C(=O)OC(C)(C)C. The summed E-state index contributed by atoms with van der Waals surface area (Å²) in [4.78, 5) is 52.8. The maximum atomic E-state index is 13.3. The van der Waals surface area contributed by atoms with E-state index >= 15 is 0 Å². The average Bonchev–Trinajstić information content (AvgIpc) is 3.27. The van der Waals surface area contributed by atoms with Crippen LogP contribution in [-0.2, 0) is 30.3 Å². The minimum absolute atomic E-state index is 0.141. The first-order valence-corrected chi connectivity index (χ1v) is 12.1. The molecule has 0 bridgehead atoms. The summed E-state index contributed by atoms with van der Waals surface area (Å²) in [6.07, 6.45) is 1.21. The number of carbonyl (C=O) groups is 4. The standard InChI is InChI=1S/C26H39N3O6/c1-17(2)15-20(24(32)34-6)28-22(30)19(16-18-11-8-7-9-12-18)27-23(31)21-13-10-14-29(21)25(33)35-26(3,4)5/h7-9,11-12,17,19-21H,10,13-16H2,1-6H3,(H,27,31)(H,28,30)/t19-,20+,21+/m1/s1. The van der Waals surface area contributed by atoms with Crippen LogP contribution in [0.1, 0.15) is 59.4 Å². The Morgan fingerprint density at radius 2 is 1.71 bits per heavy atom. The van der Waals surface area contributed by atoms with E-state index in [-0.39, 0.29) is 12.3 Å². The van der Waals surface area contributed by atoms with Gasteiger partial charge in [0.25, 0.3) is 0 Å². The number of ether oxygens (including phenoxy) is 2. The van der Waals surface area contributed by atoms with Crippen LogP contribution in [0.5, 0.6) is 0 Å². The number of nitrogens with zero attached hydrogens (tertiary/aromatic N) is 1. The third kappa shape index (κ3) is 8.88. The van der Waals surface area contributed by atoms with Crippen molar-refractivity contribution in [2.24, 2.45) is 5.92 Å². The van der Waals surface area contributed by atoms with Gasteiger partial charge in [0.2, 0.25) is 11.8 Å². The lowest BCUT2D eigenvalue weighted by molar-refractivity contribution is -0.145. The summed E-state index contributed by atoms with van der Waals surface area (Å²) in [6.45, 7) is 9.59. The van der Waals surface area contributed by atoms with E-state index in [0.717, 1.165) is 5.56 Å². The number of rotatable bonds is 9. The minimum atomic E-state index is -0.940. The quantitative estimate of drug-likeness (QED) is 0.516. The van der Waals surface area contributed by atoms with E-state index in [4.69, 9.17) is 9.47 Å². The van der Waals surface area contributed by atoms with Crippen LogP contribution < -0.4 is 10.6 Å². The number of likely N-dealkylation sites (tertiary alicyclic amines) is 1. The van der Waals surface area contributed by atoms with Gasteiger partial charge in [-0.3, -0.25) is 14.5 Å². The number of hydrogen-bond donors (Lipinski definition) is 2. The monoisotopic (exact) mass is 489 g/mol. The lowest BCUT2D eigenvalue weighted by Gasteiger charge is -2.29. The van der Waals surface area contributed by atoms with Crippen LogP contribution in [0.15, 0.2) is 30.3 Å². The summed E-state index contributed by atoms with van der Waals surface area (Å²) in [7, 11) is 1.27. The van der Waals surface area contributed by atoms with Gasteiger partial charge in [-0.25, -0.2) is 9.59 Å². The summed E-state index contributed by atoms with van der Waals surface area (Å²) >= 11 is 0. The van der Waals surface area contributed by atoms with E-state index in [1.54, 1.807) is 20.8 Å². The second-order valence-electron chi connectivity index (χ2n) is 10.3. The van der Waals surface area contributed by atoms with Gasteiger partial charge in [0, 0.05) is 13.0 Å². The van der Waals surface area contributed by atoms with Gasteiger partial charge in [-0.2, -0.15) is 0 Å². The van der Waals surface area contributed by atoms with Crippen molar-refractivity contribution in [2.45, 2.75) is 84.0 Å². The Kier molecular flexibility index (Phi) is 10.1. The van der Waals surface area contributed by atoms with Gasteiger partial charge in [-0.05, 0) is 51.5 Å². The smallest absolute Gasteiger partial charge is 0.410 e. The molecule has 1 aliphatic heterocycles. The molecule has 3 atom stereocenters. The molecule has 1 aromatic carbocycles. The number of nitrogens with one attached hydrogen (secondary N) is 2. The second-order valence-corrected chi connectivity index (χ2v) is 10.3. The fraction of sp³-hybridized carbons (Fsp3) is 0.615. The topological polar surface area (TPSA) is 114 Å². The molecule has 9 heteroatoms. The largest absolute Gasteiger partial charge is 0.467 e. The normalized spacial score (nSPS) is 17.5. The molecule has 35 heavy (non-hydrogen) atoms. The molecule has 0 spiro atoms. The van der Waals surface area contributed by atoms with Crippen molar-refractivity contribution in [2.75, 3.05) is 13.7 Å². The van der Waals surface area contributed by atoms with Crippen molar-refractivity contribution >= 4 is 23.9 Å². The summed E-state index contributed by atoms with van der Waals surface area (Å²) < 4.78 is 10.3. The maximum Gasteiger partial charge on any atom is 0.410 e. The van der Waals surface area contributed by atoms with E-state index < -0.39 is 47.6 Å². The zero-order valence-electron chi connectivity index (χ0n) is 21.6. The van der Waals surface area contributed by atoms with E-state index in [1.807, 2.05) is 44.2 Å². The highest BCUT2D eigenvalue weighted by molar-refractivity contribution is 5.93. The molecule has 0 aliphatic carbocycles. The molecule has 2 rings (SSSR count). The molecule has 3 amide bonds. The van der Waals surface area contributed by atoms with Gasteiger partial charge in [-0.15, -0.1) is 0 Å². The van der Waals surface area contributed by atoms with Gasteiger partial charge >= 0.3 is 12.1 Å². The first-order valence-electron chi connectivity index (χ1n) is 12.1. The molecular formula is C26H39N3O6. The van der Waals surface area contributed by atoms with Crippen molar-refractivity contribution in [3.8, 4) is 0 Å². The highest BCUT2D eigenvalue weighted by Crippen LogP contribution is 2.21. The molecule has 0 radical (unpaired) electrons. The number of benzene rings is 1. The number of esters is 1. The zero-order chi connectivity index (χ0) is 26.2. The summed E-state index contributed by atoms with van der Waals surface area (Å²) in [6, 6.07) is 6.79. The van der Waals surface area contributed by atoms with Crippen LogP contribution >= 0.6 is 0 Å². The summed E-state index contributed by atoms with van der Waals surface area (Å²) in [5.74, 6) is -1.31. The molecule has 1 fully saturated rings. The Bertz CT molecular complexity index is 881. The van der Waals surface area contributed by atoms with Crippen LogP contribution in [0.3, 0.4) is 0 Å². The van der Waals surface area contributed by atoms with Crippen LogP contribution in [0.4, 0.5) is 4.79 Å². The van der Waals surface area contributed by atoms with Crippen LogP contribution in [0.25, 0.3) is 0 Å². The van der Waals surface area contributed by atoms with Crippen molar-refractivity contribution in [3.63, 3.8) is 0 Å². The van der Waals surface area contributed by atoms with E-state index in [1.165, 1.54) is 12.0 Å². The molecule has 1 heterocycles. The predicted molar refractivity (Wildman–Crippen MR) is 131 cm³/mol. The third-order valence-corrected chi connectivity index (χ3v) is 5.61. The van der Waals surface area contributed by atoms with Crippen LogP contribution in [0.2, 0.25) is 0 Å². The number of carbonyl (C=O) groups excluding carboxylic acids is 4. The summed E-state index contributed by atoms with van der Waals surface area (Å²) in [5.41, 5.74) is 0.164. The fourth-order valence-electron chi connectivity index (χ4n) is 4.01. The Balaban J connectivity index is 2.20. The molecule has 0 saturated carbocycles. The lowest BCUT2D eigenvalue weighted by Crippen LogP contribution is -2.56. The van der Waals surface area contributed by atoms with Gasteiger partial charge in [0.05, 0.1) is 7.11 Å². The Hall–Kier alpha value is -3.10. The summed E-state index contributed by atoms with van der Waals surface area (Å²) in [5, 5.41) is 5.56. The maximum absolute atomic E-state index is 13.3. The van der Waals surface area contributed by atoms with Gasteiger partial charge in [0.1, 0.15) is 23.7 Å². The van der Waals surface area contributed by atoms with Gasteiger partial charge in [0.15, 0.2) is 0 Å². The average molecular weight is 490 g/mol. The van der Waals surface area contributed by atoms with Gasteiger partial charge in [-0.1, -0.05) is 44.2 Å². The van der Waals surface area contributed by atoms with Crippen LogP contribution in [-0.4, -0.2) is 66.2 Å². The number of amides is 3. The highest BCUT2D eigenvalue weighted by atomic mass is 16.6. The molecule has 9 nitrogen and oxygen atoms in total. The predicted octanol–water partition coefficient (Wildman–Crippen LogP) is 2.82. The van der Waals surface area contributed by atoms with Crippen molar-refractivity contribution in [1.29, 1.82) is 0 Å². The second kappa shape index (κ2) is 12.6. The Morgan fingerprint density at radius 1 is 1.06 bits per heavy atom. The third-order valence-electron chi connectivity index (χ3n) is 5.61. The van der Waals surface area contributed by atoms with E-state index in [0.29, 0.717) is 25.8 Å². The zero-order valence-corrected chi connectivity index (χ0v) is 21.6. The van der Waals surface area contributed by atoms with Gasteiger partial charge < -0.3 is 20.1 Å². The first kappa shape index (κ1) is 28.1. The van der Waals surface area contributed by atoms with E-state index in [2.05, 4.69) is 10.6 Å². The van der Waals surface area contributed by atoms with Crippen LogP contribution in [0, 0.1) is 5.92 Å². The molecule has 0 unspecified atom stereocenters. The highest BCUT2D eigenvalue weighted by Gasteiger charge is 2.38.